The van der Waals surface area contributed by atoms with Crippen molar-refractivity contribution in [3.05, 3.63) is 10.1 Å². The summed E-state index contributed by atoms with van der Waals surface area (Å²) in [6.07, 6.45) is 21.8. The fraction of sp³-hybridized carbons (Fsp3) is 0.914. The van der Waals surface area contributed by atoms with Crippen LogP contribution in [0.5, 0.6) is 0 Å². The smallest absolute Gasteiger partial charge is 0.404 e. The van der Waals surface area contributed by atoms with E-state index in [1.165, 1.54) is 89.9 Å². The van der Waals surface area contributed by atoms with Crippen molar-refractivity contribution in [1.29, 1.82) is 0 Å². The maximum atomic E-state index is 13.9. The van der Waals surface area contributed by atoms with Crippen LogP contribution in [0.1, 0.15) is 156 Å². The molecule has 2 aliphatic carbocycles. The molecule has 0 radical (unpaired) electrons. The van der Waals surface area contributed by atoms with Gasteiger partial charge in [0, 0.05) is 13.0 Å². The Bertz CT molecular complexity index is 965. The van der Waals surface area contributed by atoms with E-state index < -0.39 is 18.2 Å². The number of nitrogens with one attached hydrogen (secondary N) is 3. The number of nitrogens with two attached hydrogens (primary N) is 1. The van der Waals surface area contributed by atoms with Crippen LogP contribution in [0.2, 0.25) is 0 Å². The van der Waals surface area contributed by atoms with Crippen LogP contribution in [0.15, 0.2) is 4.99 Å². The lowest BCUT2D eigenvalue weighted by Crippen LogP contribution is -2.55. The molecule has 1 saturated heterocycles. The van der Waals surface area contributed by atoms with Crippen LogP contribution < -0.4 is 21.8 Å². The van der Waals surface area contributed by atoms with Gasteiger partial charge < -0.3 is 25.7 Å². The van der Waals surface area contributed by atoms with Crippen LogP contribution in [-0.2, 0) is 18.9 Å². The molecule has 0 aromatic heterocycles. The Balaban J connectivity index is 1.67. The maximum absolute atomic E-state index is 13.9. The molecule has 3 rings (SSSR count). The molecule has 4 atom stereocenters. The van der Waals surface area contributed by atoms with Gasteiger partial charge in [-0.3, -0.25) is 9.59 Å². The zero-order valence-electron chi connectivity index (χ0n) is 30.1. The first-order valence-electron chi connectivity index (χ1n) is 19.3. The molecule has 5 N–H and O–H groups in total. The lowest BCUT2D eigenvalue weighted by Gasteiger charge is -2.35. The molecule has 2 amide bonds. The topological polar surface area (TPSA) is 170 Å². The number of unbranched alkanes of at least 4 members (excludes halogenated alkanes) is 6. The Hall–Kier alpha value is -2.41. The minimum atomic E-state index is -0.777. The molecule has 274 valence electrons. The van der Waals surface area contributed by atoms with E-state index in [0.29, 0.717) is 43.4 Å². The van der Waals surface area contributed by atoms with E-state index in [1.54, 1.807) is 0 Å². The Labute approximate surface area is 289 Å². The fourth-order valence-electron chi connectivity index (χ4n) is 7.80. The van der Waals surface area contributed by atoms with Crippen molar-refractivity contribution < 1.29 is 23.9 Å². The molecular weight excluding hydrogens is 611 g/mol. The average molecular weight is 677 g/mol. The molecular formula is C35H65BN6O6. The van der Waals surface area contributed by atoms with Crippen molar-refractivity contribution in [2.75, 3.05) is 6.54 Å². The first kappa shape index (κ1) is 40.0. The quantitative estimate of drug-likeness (QED) is 0.0287. The fourth-order valence-corrected chi connectivity index (χ4v) is 7.80. The zero-order valence-corrected chi connectivity index (χ0v) is 30.1. The van der Waals surface area contributed by atoms with Gasteiger partial charge in [0.05, 0.1) is 18.1 Å². The highest BCUT2D eigenvalue weighted by Crippen LogP contribution is 2.41. The molecule has 3 aliphatic rings. The number of rotatable bonds is 21. The van der Waals surface area contributed by atoms with Gasteiger partial charge in [0.15, 0.2) is 5.03 Å². The molecule has 0 unspecified atom stereocenters. The number of carbonyl (C=O) groups excluding carboxylic acids is 2. The number of nitro groups is 1. The molecule has 0 aromatic rings. The predicted octanol–water partition coefficient (Wildman–Crippen LogP) is 5.99. The van der Waals surface area contributed by atoms with Crippen LogP contribution >= 0.6 is 0 Å². The summed E-state index contributed by atoms with van der Waals surface area (Å²) in [5.41, 5.74) is 7.40. The third kappa shape index (κ3) is 14.6. The van der Waals surface area contributed by atoms with Gasteiger partial charge in [-0.1, -0.05) is 103 Å². The first-order chi connectivity index (χ1) is 23.2. The second-order valence-electron chi connectivity index (χ2n) is 14.9. The number of nitrogens with zero attached hydrogens (tertiary/aromatic N) is 2. The second kappa shape index (κ2) is 22.3. The van der Waals surface area contributed by atoms with E-state index in [4.69, 9.17) is 15.0 Å². The van der Waals surface area contributed by atoms with Gasteiger partial charge in [-0.15, -0.1) is 0 Å². The van der Waals surface area contributed by atoms with Gasteiger partial charge in [-0.2, -0.15) is 0 Å². The summed E-state index contributed by atoms with van der Waals surface area (Å²) in [4.78, 5) is 41.6. The lowest BCUT2D eigenvalue weighted by molar-refractivity contribution is -0.525. The number of hydrogen-bond acceptors (Lipinski definition) is 7. The second-order valence-corrected chi connectivity index (χ2v) is 14.9. The van der Waals surface area contributed by atoms with Gasteiger partial charge in [0.25, 0.3) is 5.96 Å². The van der Waals surface area contributed by atoms with Crippen molar-refractivity contribution >= 4 is 24.9 Å². The van der Waals surface area contributed by atoms with E-state index in [1.807, 2.05) is 5.43 Å². The van der Waals surface area contributed by atoms with E-state index >= 15 is 0 Å². The van der Waals surface area contributed by atoms with Crippen LogP contribution in [0.4, 0.5) is 0 Å². The Morgan fingerprint density at radius 3 is 1.98 bits per heavy atom. The van der Waals surface area contributed by atoms with Crippen LogP contribution in [0.25, 0.3) is 0 Å². The van der Waals surface area contributed by atoms with E-state index in [2.05, 4.69) is 36.4 Å². The summed E-state index contributed by atoms with van der Waals surface area (Å²) in [6.45, 7) is 6.64. The van der Waals surface area contributed by atoms with E-state index in [0.717, 1.165) is 19.3 Å². The average Bonchev–Trinajstić information content (AvgIpc) is 3.51. The minimum Gasteiger partial charge on any atom is -0.404 e. The number of carbonyl (C=O) groups is 2. The maximum Gasteiger partial charge on any atom is 0.481 e. The summed E-state index contributed by atoms with van der Waals surface area (Å²) in [6, 6.07) is -0.777. The van der Waals surface area contributed by atoms with Crippen LogP contribution in [0.3, 0.4) is 0 Å². The highest BCUT2D eigenvalue weighted by Gasteiger charge is 2.50. The number of hydrazine groups is 1. The van der Waals surface area contributed by atoms with Crippen molar-refractivity contribution in [2.45, 2.75) is 180 Å². The monoisotopic (exact) mass is 677 g/mol. The molecule has 0 aromatic carbocycles. The molecule has 0 spiro atoms. The molecule has 48 heavy (non-hydrogen) atoms. The lowest BCUT2D eigenvalue weighted by atomic mass is 9.73. The van der Waals surface area contributed by atoms with Gasteiger partial charge in [0.2, 0.25) is 11.8 Å². The number of aliphatic imine (C=N–C) groups is 1. The highest BCUT2D eigenvalue weighted by atomic mass is 16.7. The van der Waals surface area contributed by atoms with Gasteiger partial charge in [-0.25, -0.2) is 15.1 Å². The highest BCUT2D eigenvalue weighted by molar-refractivity contribution is 6.47. The van der Waals surface area contributed by atoms with Crippen molar-refractivity contribution in [3.8, 4) is 0 Å². The van der Waals surface area contributed by atoms with Crippen molar-refractivity contribution in [3.63, 3.8) is 0 Å². The summed E-state index contributed by atoms with van der Waals surface area (Å²) < 4.78 is 13.7. The predicted molar refractivity (Wildman–Crippen MR) is 190 cm³/mol. The van der Waals surface area contributed by atoms with Crippen molar-refractivity contribution in [1.82, 2.24) is 16.1 Å². The largest absolute Gasteiger partial charge is 0.481 e. The standard InChI is InChI=1S/C35H65BN6O6/c1-4-5-6-7-8-9-16-23-31(43)39-29(22-17-24-38-35(37)41-42(45)46)34(44)40-30(25-26(2)3)36-47-32(27-18-12-10-13-19-27)33(48-36)28-20-14-11-15-21-28/h26-30,32-33H,4-25H2,1-3H3,(H,39,43)(H,40,44)(H3,37,38,41)/t29-,30-,32+,33+/m0/s1. The molecule has 12 nitrogen and oxygen atoms in total. The minimum absolute atomic E-state index is 0.0542. The SMILES string of the molecule is CCCCCCCCCC(=O)N[C@@H](CCCN=C(N)N[N+](=O)[O-])C(=O)N[C@@H](CC(C)C)B1O[C@H](C2CCCCC2)[C@@H](C2CCCCC2)O1. The Morgan fingerprint density at radius 2 is 1.44 bits per heavy atom. The van der Waals surface area contributed by atoms with Crippen LogP contribution in [-0.4, -0.2) is 60.7 Å². The Kier molecular flexibility index (Phi) is 18.6. The molecule has 13 heteroatoms. The molecule has 1 aliphatic heterocycles. The third-order valence-electron chi connectivity index (χ3n) is 10.3. The van der Waals surface area contributed by atoms with E-state index in [9.17, 15) is 19.7 Å². The zero-order chi connectivity index (χ0) is 34.7. The number of amides is 2. The summed E-state index contributed by atoms with van der Waals surface area (Å²) in [5.74, 6) is 0.210. The van der Waals surface area contributed by atoms with Crippen LogP contribution in [0, 0.1) is 27.9 Å². The number of hydrogen-bond donors (Lipinski definition) is 4. The molecule has 0 bridgehead atoms. The molecule has 1 heterocycles. The Morgan fingerprint density at radius 1 is 0.875 bits per heavy atom. The van der Waals surface area contributed by atoms with Crippen molar-refractivity contribution in [2.24, 2.45) is 28.5 Å². The number of guanidine groups is 1. The van der Waals surface area contributed by atoms with E-state index in [-0.39, 0.29) is 42.5 Å². The van der Waals surface area contributed by atoms with Gasteiger partial charge >= 0.3 is 7.12 Å². The molecule has 2 saturated carbocycles. The first-order valence-corrected chi connectivity index (χ1v) is 19.3. The summed E-state index contributed by atoms with van der Waals surface area (Å²) >= 11 is 0. The van der Waals surface area contributed by atoms with Gasteiger partial charge in [-0.05, 0) is 69.1 Å². The van der Waals surface area contributed by atoms with Gasteiger partial charge in [0.1, 0.15) is 6.04 Å². The summed E-state index contributed by atoms with van der Waals surface area (Å²) in [5, 5.41) is 16.1. The normalized spacial score (nSPS) is 22.4. The summed E-state index contributed by atoms with van der Waals surface area (Å²) in [7, 11) is -0.531. The molecule has 3 fully saturated rings. The third-order valence-corrected chi connectivity index (χ3v) is 10.3.